The van der Waals surface area contributed by atoms with Gasteiger partial charge in [0.1, 0.15) is 0 Å². The van der Waals surface area contributed by atoms with Crippen LogP contribution in [0.15, 0.2) is 6.07 Å². The van der Waals surface area contributed by atoms with Gasteiger partial charge < -0.3 is 5.32 Å². The Labute approximate surface area is 121 Å². The van der Waals surface area contributed by atoms with Crippen LogP contribution < -0.4 is 5.32 Å². The van der Waals surface area contributed by atoms with Gasteiger partial charge in [-0.25, -0.2) is 0 Å². The van der Waals surface area contributed by atoms with E-state index < -0.39 is 11.9 Å². The van der Waals surface area contributed by atoms with Crippen molar-refractivity contribution in [2.45, 2.75) is 51.7 Å². The molecule has 1 aromatic rings. The van der Waals surface area contributed by atoms with Gasteiger partial charge in [-0.3, -0.25) is 9.48 Å². The Morgan fingerprint density at radius 3 is 2.67 bits per heavy atom. The topological polar surface area (TPSA) is 46.9 Å². The van der Waals surface area contributed by atoms with Crippen molar-refractivity contribution in [2.24, 2.45) is 5.92 Å². The van der Waals surface area contributed by atoms with Crippen LogP contribution in [0.3, 0.4) is 0 Å². The molecular formula is C14H20F3N3O. The smallest absolute Gasteiger partial charge is 0.354 e. The fraction of sp³-hybridized carbons (Fsp3) is 0.714. The van der Waals surface area contributed by atoms with Gasteiger partial charge in [0.25, 0.3) is 0 Å². The van der Waals surface area contributed by atoms with Crippen molar-refractivity contribution in [2.75, 3.05) is 6.54 Å². The maximum absolute atomic E-state index is 12.7. The predicted octanol–water partition coefficient (Wildman–Crippen LogP) is 2.94. The van der Waals surface area contributed by atoms with E-state index >= 15 is 0 Å². The number of aromatic nitrogens is 2. The SMILES string of the molecule is CC(C)CC(=O)NCCn1nc(C(F)(F)F)cc1C1CC1. The lowest BCUT2D eigenvalue weighted by atomic mass is 10.1. The van der Waals surface area contributed by atoms with Crippen LogP contribution in [0.25, 0.3) is 0 Å². The molecule has 0 radical (unpaired) electrons. The maximum Gasteiger partial charge on any atom is 0.435 e. The second-order valence-electron chi connectivity index (χ2n) is 5.90. The largest absolute Gasteiger partial charge is 0.435 e. The summed E-state index contributed by atoms with van der Waals surface area (Å²) < 4.78 is 39.5. The summed E-state index contributed by atoms with van der Waals surface area (Å²) in [5, 5.41) is 6.36. The molecule has 0 atom stereocenters. The van der Waals surface area contributed by atoms with Gasteiger partial charge in [-0.1, -0.05) is 13.8 Å². The van der Waals surface area contributed by atoms with E-state index in [0.717, 1.165) is 18.9 Å². The van der Waals surface area contributed by atoms with Crippen LogP contribution in [-0.2, 0) is 17.5 Å². The summed E-state index contributed by atoms with van der Waals surface area (Å²) in [5.41, 5.74) is -0.224. The van der Waals surface area contributed by atoms with Crippen LogP contribution in [0.4, 0.5) is 13.2 Å². The van der Waals surface area contributed by atoms with Crippen LogP contribution in [-0.4, -0.2) is 22.2 Å². The molecule has 4 nitrogen and oxygen atoms in total. The summed E-state index contributed by atoms with van der Waals surface area (Å²) in [6.07, 6.45) is -2.19. The highest BCUT2D eigenvalue weighted by molar-refractivity contribution is 5.75. The molecular weight excluding hydrogens is 283 g/mol. The number of nitrogens with zero attached hydrogens (tertiary/aromatic N) is 2. The quantitative estimate of drug-likeness (QED) is 0.878. The number of nitrogens with one attached hydrogen (secondary N) is 1. The number of carbonyl (C=O) groups excluding carboxylic acids is 1. The first kappa shape index (κ1) is 15.9. The molecule has 1 heterocycles. The summed E-state index contributed by atoms with van der Waals surface area (Å²) in [5.74, 6) is 0.356. The number of hydrogen-bond donors (Lipinski definition) is 1. The average Bonchev–Trinajstić information content (AvgIpc) is 3.08. The Bertz CT molecular complexity index is 504. The molecule has 1 aromatic heterocycles. The van der Waals surface area contributed by atoms with Crippen molar-refractivity contribution in [3.63, 3.8) is 0 Å². The molecule has 0 saturated heterocycles. The Kier molecular flexibility index (Phi) is 4.58. The van der Waals surface area contributed by atoms with Gasteiger partial charge in [0, 0.05) is 24.6 Å². The third-order valence-electron chi connectivity index (χ3n) is 3.34. The number of halogens is 3. The third kappa shape index (κ3) is 4.47. The molecule has 1 N–H and O–H groups in total. The van der Waals surface area contributed by atoms with Crippen LogP contribution in [0, 0.1) is 5.92 Å². The standard InChI is InChI=1S/C14H20F3N3O/c1-9(2)7-13(21)18-5-6-20-11(10-3-4-10)8-12(19-20)14(15,16)17/h8-10H,3-7H2,1-2H3,(H,18,21). The minimum atomic E-state index is -4.42. The predicted molar refractivity (Wildman–Crippen MR) is 71.7 cm³/mol. The van der Waals surface area contributed by atoms with E-state index in [1.807, 2.05) is 13.8 Å². The zero-order valence-electron chi connectivity index (χ0n) is 12.2. The molecule has 2 rings (SSSR count). The van der Waals surface area contributed by atoms with E-state index in [9.17, 15) is 18.0 Å². The Balaban J connectivity index is 1.96. The zero-order chi connectivity index (χ0) is 15.6. The summed E-state index contributed by atoms with van der Waals surface area (Å²) >= 11 is 0. The number of amides is 1. The first-order valence-corrected chi connectivity index (χ1v) is 7.19. The molecule has 118 valence electrons. The lowest BCUT2D eigenvalue weighted by Gasteiger charge is -2.09. The van der Waals surface area contributed by atoms with Crippen molar-refractivity contribution in [3.8, 4) is 0 Å². The second kappa shape index (κ2) is 6.07. The first-order valence-electron chi connectivity index (χ1n) is 7.19. The van der Waals surface area contributed by atoms with Gasteiger partial charge in [0.2, 0.25) is 5.91 Å². The number of hydrogen-bond acceptors (Lipinski definition) is 2. The van der Waals surface area contributed by atoms with Gasteiger partial charge in [0.15, 0.2) is 5.69 Å². The van der Waals surface area contributed by atoms with E-state index in [0.29, 0.717) is 18.7 Å². The highest BCUT2D eigenvalue weighted by atomic mass is 19.4. The van der Waals surface area contributed by atoms with Gasteiger partial charge in [0.05, 0.1) is 6.54 Å². The third-order valence-corrected chi connectivity index (χ3v) is 3.34. The first-order chi connectivity index (χ1) is 9.77. The minimum Gasteiger partial charge on any atom is -0.354 e. The molecule has 0 aliphatic heterocycles. The van der Waals surface area contributed by atoms with E-state index in [2.05, 4.69) is 10.4 Å². The van der Waals surface area contributed by atoms with E-state index in [1.54, 1.807) is 0 Å². The molecule has 1 saturated carbocycles. The molecule has 0 aromatic carbocycles. The van der Waals surface area contributed by atoms with Crippen molar-refractivity contribution in [1.82, 2.24) is 15.1 Å². The van der Waals surface area contributed by atoms with Crippen LogP contribution in [0.2, 0.25) is 0 Å². The summed E-state index contributed by atoms with van der Waals surface area (Å²) in [6, 6.07) is 1.13. The summed E-state index contributed by atoms with van der Waals surface area (Å²) in [7, 11) is 0. The molecule has 0 spiro atoms. The molecule has 0 bridgehead atoms. The lowest BCUT2D eigenvalue weighted by molar-refractivity contribution is -0.141. The molecule has 1 aliphatic rings. The van der Waals surface area contributed by atoms with Gasteiger partial charge >= 0.3 is 6.18 Å². The molecule has 0 unspecified atom stereocenters. The average molecular weight is 303 g/mol. The summed E-state index contributed by atoms with van der Waals surface area (Å²) in [4.78, 5) is 11.5. The minimum absolute atomic E-state index is 0.0822. The Morgan fingerprint density at radius 1 is 1.48 bits per heavy atom. The van der Waals surface area contributed by atoms with Crippen LogP contribution in [0.1, 0.15) is 50.4 Å². The molecule has 7 heteroatoms. The second-order valence-corrected chi connectivity index (χ2v) is 5.90. The van der Waals surface area contributed by atoms with Gasteiger partial charge in [-0.05, 0) is 24.8 Å². The highest BCUT2D eigenvalue weighted by Gasteiger charge is 2.37. The number of carbonyl (C=O) groups is 1. The fourth-order valence-electron chi connectivity index (χ4n) is 2.20. The van der Waals surface area contributed by atoms with Crippen LogP contribution in [0.5, 0.6) is 0 Å². The fourth-order valence-corrected chi connectivity index (χ4v) is 2.20. The van der Waals surface area contributed by atoms with Crippen molar-refractivity contribution in [3.05, 3.63) is 17.5 Å². The maximum atomic E-state index is 12.7. The molecule has 1 aliphatic carbocycles. The van der Waals surface area contributed by atoms with Gasteiger partial charge in [-0.2, -0.15) is 18.3 Å². The summed E-state index contributed by atoms with van der Waals surface area (Å²) in [6.45, 7) is 4.44. The lowest BCUT2D eigenvalue weighted by Crippen LogP contribution is -2.28. The number of alkyl halides is 3. The Hall–Kier alpha value is -1.53. The number of rotatable bonds is 6. The van der Waals surface area contributed by atoms with E-state index in [4.69, 9.17) is 0 Å². The van der Waals surface area contributed by atoms with Crippen molar-refractivity contribution >= 4 is 5.91 Å². The van der Waals surface area contributed by atoms with Crippen LogP contribution >= 0.6 is 0 Å². The Morgan fingerprint density at radius 2 is 2.14 bits per heavy atom. The molecule has 1 fully saturated rings. The van der Waals surface area contributed by atoms with E-state index in [1.165, 1.54) is 4.68 Å². The molecule has 21 heavy (non-hydrogen) atoms. The van der Waals surface area contributed by atoms with E-state index in [-0.39, 0.29) is 24.3 Å². The highest BCUT2D eigenvalue weighted by Crippen LogP contribution is 2.41. The molecule has 1 amide bonds. The van der Waals surface area contributed by atoms with Crippen molar-refractivity contribution in [1.29, 1.82) is 0 Å². The monoisotopic (exact) mass is 303 g/mol. The van der Waals surface area contributed by atoms with Crippen molar-refractivity contribution < 1.29 is 18.0 Å². The van der Waals surface area contributed by atoms with Gasteiger partial charge in [-0.15, -0.1) is 0 Å². The normalized spacial score (nSPS) is 15.5. The zero-order valence-corrected chi connectivity index (χ0v) is 12.2.